The Kier molecular flexibility index (Phi) is 4.10. The maximum atomic E-state index is 11.7. The molecule has 4 nitrogen and oxygen atoms in total. The Balaban J connectivity index is 2.65. The molecule has 1 rings (SSSR count). The van der Waals surface area contributed by atoms with Gasteiger partial charge in [-0.15, -0.1) is 6.58 Å². The van der Waals surface area contributed by atoms with E-state index in [4.69, 9.17) is 5.11 Å². The zero-order valence-electron chi connectivity index (χ0n) is 8.65. The van der Waals surface area contributed by atoms with Crippen molar-refractivity contribution in [2.24, 2.45) is 0 Å². The quantitative estimate of drug-likeness (QED) is 0.631. The molecule has 1 atom stereocenters. The highest BCUT2D eigenvalue weighted by Gasteiger charge is 2.31. The van der Waals surface area contributed by atoms with Crippen molar-refractivity contribution in [1.82, 2.24) is 9.80 Å². The van der Waals surface area contributed by atoms with Crippen LogP contribution in [-0.2, 0) is 4.79 Å². The molecule has 0 bridgehead atoms. The summed E-state index contributed by atoms with van der Waals surface area (Å²) >= 11 is 0. The highest BCUT2D eigenvalue weighted by Crippen LogP contribution is 2.12. The summed E-state index contributed by atoms with van der Waals surface area (Å²) in [5.41, 5.74) is 0. The Morgan fingerprint density at radius 2 is 2.36 bits per heavy atom. The van der Waals surface area contributed by atoms with Crippen LogP contribution in [0.2, 0.25) is 0 Å². The van der Waals surface area contributed by atoms with E-state index in [9.17, 15) is 4.79 Å². The van der Waals surface area contributed by atoms with E-state index in [-0.39, 0.29) is 18.6 Å². The molecule has 80 valence electrons. The van der Waals surface area contributed by atoms with Crippen molar-refractivity contribution in [3.8, 4) is 0 Å². The summed E-state index contributed by atoms with van der Waals surface area (Å²) in [5, 5.41) is 8.89. The highest BCUT2D eigenvalue weighted by atomic mass is 16.3. The van der Waals surface area contributed by atoms with Gasteiger partial charge >= 0.3 is 0 Å². The minimum atomic E-state index is -0.170. The number of rotatable bonds is 4. The molecule has 0 radical (unpaired) electrons. The van der Waals surface area contributed by atoms with Gasteiger partial charge in [0, 0.05) is 33.3 Å². The first-order chi connectivity index (χ1) is 6.70. The van der Waals surface area contributed by atoms with Crippen molar-refractivity contribution in [3.63, 3.8) is 0 Å². The second-order valence-corrected chi connectivity index (χ2v) is 3.57. The van der Waals surface area contributed by atoms with Gasteiger partial charge in [-0.25, -0.2) is 0 Å². The fourth-order valence-electron chi connectivity index (χ4n) is 1.77. The van der Waals surface area contributed by atoms with Gasteiger partial charge in [0.15, 0.2) is 0 Å². The molecule has 1 unspecified atom stereocenters. The molecule has 4 heteroatoms. The largest absolute Gasteiger partial charge is 0.396 e. The molecule has 1 fully saturated rings. The number of piperazine rings is 1. The van der Waals surface area contributed by atoms with Crippen LogP contribution in [0.25, 0.3) is 0 Å². The van der Waals surface area contributed by atoms with Crippen LogP contribution in [0.3, 0.4) is 0 Å². The average molecular weight is 198 g/mol. The fourth-order valence-corrected chi connectivity index (χ4v) is 1.77. The normalized spacial score (nSPS) is 24.0. The monoisotopic (exact) mass is 198 g/mol. The van der Waals surface area contributed by atoms with Gasteiger partial charge in [0.25, 0.3) is 0 Å². The Labute approximate surface area is 84.8 Å². The van der Waals surface area contributed by atoms with Crippen LogP contribution >= 0.6 is 0 Å². The van der Waals surface area contributed by atoms with Gasteiger partial charge in [0.05, 0.1) is 6.04 Å². The topological polar surface area (TPSA) is 43.8 Å². The summed E-state index contributed by atoms with van der Waals surface area (Å²) in [6, 6.07) is -0.170. The van der Waals surface area contributed by atoms with Gasteiger partial charge < -0.3 is 10.0 Å². The lowest BCUT2D eigenvalue weighted by Gasteiger charge is -2.38. The second kappa shape index (κ2) is 5.12. The number of nitrogens with zero attached hydrogens (tertiary/aromatic N) is 2. The van der Waals surface area contributed by atoms with Crippen LogP contribution in [0.4, 0.5) is 0 Å². The number of carbonyl (C=O) groups is 1. The first-order valence-electron chi connectivity index (χ1n) is 4.91. The Hall–Kier alpha value is -0.870. The third-order valence-electron chi connectivity index (χ3n) is 2.59. The second-order valence-electron chi connectivity index (χ2n) is 3.57. The molecule has 0 aromatic heterocycles. The van der Waals surface area contributed by atoms with Crippen molar-refractivity contribution >= 4 is 5.91 Å². The minimum absolute atomic E-state index is 0.0535. The Bertz CT molecular complexity index is 218. The summed E-state index contributed by atoms with van der Waals surface area (Å²) in [6.07, 6.45) is 2.31. The van der Waals surface area contributed by atoms with E-state index in [1.54, 1.807) is 18.0 Å². The molecule has 1 aliphatic heterocycles. The SMILES string of the molecule is C=CCN1CCN(C)C(=O)C1CCO. The van der Waals surface area contributed by atoms with Crippen molar-refractivity contribution in [2.75, 3.05) is 33.3 Å². The standard InChI is InChI=1S/C10H18N2O2/c1-3-5-12-7-6-11(2)10(14)9(12)4-8-13/h3,9,13H,1,4-8H2,2H3. The lowest BCUT2D eigenvalue weighted by molar-refractivity contribution is -0.140. The average Bonchev–Trinajstić information content (AvgIpc) is 2.18. The van der Waals surface area contributed by atoms with Crippen LogP contribution in [-0.4, -0.2) is 60.1 Å². The van der Waals surface area contributed by atoms with Crippen LogP contribution < -0.4 is 0 Å². The van der Waals surface area contributed by atoms with Crippen molar-refractivity contribution in [1.29, 1.82) is 0 Å². The Morgan fingerprint density at radius 3 is 2.93 bits per heavy atom. The molecule has 0 aromatic carbocycles. The van der Waals surface area contributed by atoms with Crippen LogP contribution in [0.1, 0.15) is 6.42 Å². The third kappa shape index (κ3) is 2.33. The summed E-state index contributed by atoms with van der Waals surface area (Å²) in [7, 11) is 1.80. The number of hydrogen-bond donors (Lipinski definition) is 1. The van der Waals surface area contributed by atoms with Crippen LogP contribution in [0, 0.1) is 0 Å². The predicted molar refractivity (Wildman–Crippen MR) is 54.9 cm³/mol. The van der Waals surface area contributed by atoms with E-state index in [1.807, 2.05) is 0 Å². The molecule has 1 saturated heterocycles. The van der Waals surface area contributed by atoms with Gasteiger partial charge in [-0.1, -0.05) is 6.08 Å². The molecule has 0 spiro atoms. The molecule has 1 N–H and O–H groups in total. The van der Waals surface area contributed by atoms with Gasteiger partial charge in [-0.05, 0) is 6.42 Å². The van der Waals surface area contributed by atoms with E-state index in [2.05, 4.69) is 11.5 Å². The molecule has 0 aromatic rings. The minimum Gasteiger partial charge on any atom is -0.396 e. The zero-order chi connectivity index (χ0) is 10.6. The number of hydrogen-bond acceptors (Lipinski definition) is 3. The first-order valence-corrected chi connectivity index (χ1v) is 4.91. The molecule has 14 heavy (non-hydrogen) atoms. The number of aliphatic hydroxyl groups is 1. The highest BCUT2D eigenvalue weighted by molar-refractivity contribution is 5.82. The molecule has 0 aliphatic carbocycles. The number of carbonyl (C=O) groups excluding carboxylic acids is 1. The van der Waals surface area contributed by atoms with Gasteiger partial charge in [-0.3, -0.25) is 9.69 Å². The van der Waals surface area contributed by atoms with Crippen molar-refractivity contribution in [3.05, 3.63) is 12.7 Å². The fraction of sp³-hybridized carbons (Fsp3) is 0.700. The number of aliphatic hydroxyl groups excluding tert-OH is 1. The summed E-state index contributed by atoms with van der Waals surface area (Å²) in [6.45, 7) is 6.05. The van der Waals surface area contributed by atoms with Gasteiger partial charge in [-0.2, -0.15) is 0 Å². The summed E-state index contributed by atoms with van der Waals surface area (Å²) < 4.78 is 0. The summed E-state index contributed by atoms with van der Waals surface area (Å²) in [5.74, 6) is 0.104. The van der Waals surface area contributed by atoms with Crippen molar-refractivity contribution < 1.29 is 9.90 Å². The maximum absolute atomic E-state index is 11.7. The molecular weight excluding hydrogens is 180 g/mol. The maximum Gasteiger partial charge on any atom is 0.239 e. The third-order valence-corrected chi connectivity index (χ3v) is 2.59. The first kappa shape index (κ1) is 11.2. The van der Waals surface area contributed by atoms with Gasteiger partial charge in [0.1, 0.15) is 0 Å². The number of likely N-dealkylation sites (N-methyl/N-ethyl adjacent to an activating group) is 1. The lowest BCUT2D eigenvalue weighted by Crippen LogP contribution is -2.55. The van der Waals surface area contributed by atoms with Gasteiger partial charge in [0.2, 0.25) is 5.91 Å². The molecule has 1 amide bonds. The lowest BCUT2D eigenvalue weighted by atomic mass is 10.1. The summed E-state index contributed by atoms with van der Waals surface area (Å²) in [4.78, 5) is 15.5. The van der Waals surface area contributed by atoms with Crippen LogP contribution in [0.15, 0.2) is 12.7 Å². The van der Waals surface area contributed by atoms with E-state index in [1.165, 1.54) is 0 Å². The number of amides is 1. The van der Waals surface area contributed by atoms with E-state index in [0.29, 0.717) is 13.0 Å². The predicted octanol–water partition coefficient (Wildman–Crippen LogP) is -0.303. The molecule has 0 saturated carbocycles. The van der Waals surface area contributed by atoms with Crippen LogP contribution in [0.5, 0.6) is 0 Å². The van der Waals surface area contributed by atoms with E-state index >= 15 is 0 Å². The van der Waals surface area contributed by atoms with Crippen molar-refractivity contribution in [2.45, 2.75) is 12.5 Å². The molecular formula is C10H18N2O2. The molecule has 1 aliphatic rings. The van der Waals surface area contributed by atoms with E-state index in [0.717, 1.165) is 13.1 Å². The Morgan fingerprint density at radius 1 is 1.64 bits per heavy atom. The zero-order valence-corrected chi connectivity index (χ0v) is 8.65. The smallest absolute Gasteiger partial charge is 0.239 e. The molecule has 1 heterocycles. The van der Waals surface area contributed by atoms with E-state index < -0.39 is 0 Å².